The van der Waals surface area contributed by atoms with Crippen molar-refractivity contribution in [3.05, 3.63) is 35.7 Å². The van der Waals surface area contributed by atoms with E-state index < -0.39 is 5.97 Å². The highest BCUT2D eigenvalue weighted by atomic mass is 16.5. The van der Waals surface area contributed by atoms with Crippen LogP contribution < -0.4 is 5.32 Å². The van der Waals surface area contributed by atoms with Crippen LogP contribution in [0.25, 0.3) is 5.70 Å². The summed E-state index contributed by atoms with van der Waals surface area (Å²) in [5, 5.41) is 2.49. The van der Waals surface area contributed by atoms with E-state index in [4.69, 9.17) is 4.74 Å². The number of aromatic nitrogens is 1. The van der Waals surface area contributed by atoms with Crippen LogP contribution in [-0.4, -0.2) is 29.8 Å². The van der Waals surface area contributed by atoms with E-state index in [1.54, 1.807) is 32.0 Å². The van der Waals surface area contributed by atoms with Crippen molar-refractivity contribution in [1.29, 1.82) is 0 Å². The van der Waals surface area contributed by atoms with Crippen molar-refractivity contribution in [1.82, 2.24) is 10.3 Å². The molecule has 1 radical (unpaired) electrons. The molecular weight excluding hydrogens is 260 g/mol. The van der Waals surface area contributed by atoms with Gasteiger partial charge in [0.15, 0.2) is 0 Å². The third kappa shape index (κ3) is 4.01. The Bertz CT molecular complexity index is 523. The van der Waals surface area contributed by atoms with Crippen molar-refractivity contribution >= 4 is 23.9 Å². The molecule has 0 aliphatic carbocycles. The SMILES string of the molecule is CCOC(=O)/C([C]=O)=C(/NC(=O)CC)c1ccccn1. The summed E-state index contributed by atoms with van der Waals surface area (Å²) in [4.78, 5) is 38.3. The standard InChI is InChI=1S/C14H15N2O4/c1-3-12(18)16-13(11-7-5-6-8-15-11)10(9-17)14(19)20-4-2/h5-8H,3-4H2,1-2H3,(H,16,18)/b13-10+. The highest BCUT2D eigenvalue weighted by Gasteiger charge is 2.20. The van der Waals surface area contributed by atoms with Gasteiger partial charge in [-0.05, 0) is 19.1 Å². The predicted octanol–water partition coefficient (Wildman–Crippen LogP) is 0.992. The van der Waals surface area contributed by atoms with E-state index >= 15 is 0 Å². The van der Waals surface area contributed by atoms with Crippen molar-refractivity contribution in [2.75, 3.05) is 6.61 Å². The van der Waals surface area contributed by atoms with E-state index in [1.807, 2.05) is 0 Å². The zero-order valence-electron chi connectivity index (χ0n) is 11.3. The summed E-state index contributed by atoms with van der Waals surface area (Å²) in [5.74, 6) is -1.19. The average Bonchev–Trinajstić information content (AvgIpc) is 2.48. The third-order valence-corrected chi connectivity index (χ3v) is 2.34. The van der Waals surface area contributed by atoms with Gasteiger partial charge in [-0.3, -0.25) is 14.6 Å². The molecule has 0 aromatic carbocycles. The van der Waals surface area contributed by atoms with Crippen molar-refractivity contribution < 1.29 is 19.1 Å². The molecule has 1 N–H and O–H groups in total. The molecule has 1 heterocycles. The number of carbonyl (C=O) groups is 2. The molecule has 1 aromatic heterocycles. The summed E-state index contributed by atoms with van der Waals surface area (Å²) in [7, 11) is 0. The number of nitrogens with zero attached hydrogens (tertiary/aromatic N) is 1. The molecular formula is C14H15N2O4. The minimum absolute atomic E-state index is 0.00546. The van der Waals surface area contributed by atoms with Gasteiger partial charge in [0.2, 0.25) is 12.2 Å². The van der Waals surface area contributed by atoms with Crippen LogP contribution in [0.2, 0.25) is 0 Å². The fourth-order valence-electron chi connectivity index (χ4n) is 1.39. The molecule has 0 bridgehead atoms. The van der Waals surface area contributed by atoms with Crippen LogP contribution in [-0.2, 0) is 19.1 Å². The lowest BCUT2D eigenvalue weighted by atomic mass is 10.1. The number of carbonyl (C=O) groups excluding carboxylic acids is 3. The van der Waals surface area contributed by atoms with Gasteiger partial charge in [0.1, 0.15) is 5.57 Å². The quantitative estimate of drug-likeness (QED) is 0.362. The number of ether oxygens (including phenoxy) is 1. The highest BCUT2D eigenvalue weighted by molar-refractivity contribution is 6.15. The van der Waals surface area contributed by atoms with E-state index in [-0.39, 0.29) is 30.2 Å². The second-order valence-electron chi connectivity index (χ2n) is 3.69. The molecule has 6 nitrogen and oxygen atoms in total. The van der Waals surface area contributed by atoms with Gasteiger partial charge < -0.3 is 10.1 Å². The molecule has 0 aliphatic rings. The molecule has 1 amide bonds. The van der Waals surface area contributed by atoms with Crippen LogP contribution in [0.5, 0.6) is 0 Å². The second-order valence-corrected chi connectivity index (χ2v) is 3.69. The maximum Gasteiger partial charge on any atom is 0.344 e. The first-order valence-electron chi connectivity index (χ1n) is 6.14. The van der Waals surface area contributed by atoms with Crippen molar-refractivity contribution in [2.24, 2.45) is 0 Å². The van der Waals surface area contributed by atoms with Crippen LogP contribution in [0.3, 0.4) is 0 Å². The summed E-state index contributed by atoms with van der Waals surface area (Å²) in [6, 6.07) is 4.92. The van der Waals surface area contributed by atoms with Gasteiger partial charge >= 0.3 is 5.97 Å². The zero-order valence-corrected chi connectivity index (χ0v) is 11.3. The fraction of sp³-hybridized carbons (Fsp3) is 0.286. The summed E-state index contributed by atoms with van der Waals surface area (Å²) in [5.41, 5.74) is -0.0843. The normalized spacial score (nSPS) is 11.3. The monoisotopic (exact) mass is 275 g/mol. The van der Waals surface area contributed by atoms with E-state index in [9.17, 15) is 14.4 Å². The summed E-state index contributed by atoms with van der Waals surface area (Å²) >= 11 is 0. The van der Waals surface area contributed by atoms with Crippen molar-refractivity contribution in [3.63, 3.8) is 0 Å². The molecule has 0 unspecified atom stereocenters. The number of nitrogens with one attached hydrogen (secondary N) is 1. The summed E-state index contributed by atoms with van der Waals surface area (Å²) in [6.45, 7) is 3.38. The maximum atomic E-state index is 11.7. The van der Waals surface area contributed by atoms with Gasteiger partial charge in [0.25, 0.3) is 0 Å². The first-order chi connectivity index (χ1) is 9.63. The Morgan fingerprint density at radius 2 is 2.10 bits per heavy atom. The van der Waals surface area contributed by atoms with Crippen LogP contribution in [0, 0.1) is 0 Å². The maximum absolute atomic E-state index is 11.7. The lowest BCUT2D eigenvalue weighted by molar-refractivity contribution is -0.137. The first kappa shape index (κ1) is 15.6. The molecule has 1 rings (SSSR count). The number of amides is 1. The lowest BCUT2D eigenvalue weighted by Crippen LogP contribution is -2.25. The molecule has 20 heavy (non-hydrogen) atoms. The zero-order chi connectivity index (χ0) is 15.0. The first-order valence-corrected chi connectivity index (χ1v) is 6.14. The Labute approximate surface area is 116 Å². The molecule has 1 aromatic rings. The molecule has 0 fully saturated rings. The smallest absolute Gasteiger partial charge is 0.344 e. The highest BCUT2D eigenvalue weighted by Crippen LogP contribution is 2.14. The van der Waals surface area contributed by atoms with Crippen LogP contribution in [0.1, 0.15) is 26.0 Å². The number of hydrogen-bond acceptors (Lipinski definition) is 5. The van der Waals surface area contributed by atoms with Crippen molar-refractivity contribution in [3.8, 4) is 0 Å². The number of rotatable bonds is 6. The van der Waals surface area contributed by atoms with Crippen molar-refractivity contribution in [2.45, 2.75) is 20.3 Å². The third-order valence-electron chi connectivity index (χ3n) is 2.34. The molecule has 0 aliphatic heterocycles. The van der Waals surface area contributed by atoms with E-state index in [0.29, 0.717) is 5.69 Å². The molecule has 0 saturated carbocycles. The van der Waals surface area contributed by atoms with Gasteiger partial charge in [0.05, 0.1) is 18.0 Å². The molecule has 0 spiro atoms. The van der Waals surface area contributed by atoms with Crippen LogP contribution >= 0.6 is 0 Å². The number of hydrogen-bond donors (Lipinski definition) is 1. The van der Waals surface area contributed by atoms with Gasteiger partial charge in [0, 0.05) is 12.6 Å². The fourth-order valence-corrected chi connectivity index (χ4v) is 1.39. The minimum Gasteiger partial charge on any atom is -0.462 e. The van der Waals surface area contributed by atoms with E-state index in [0.717, 1.165) is 0 Å². The van der Waals surface area contributed by atoms with E-state index in [2.05, 4.69) is 10.3 Å². The Hall–Kier alpha value is -2.50. The summed E-state index contributed by atoms with van der Waals surface area (Å²) < 4.78 is 4.77. The largest absolute Gasteiger partial charge is 0.462 e. The lowest BCUT2D eigenvalue weighted by Gasteiger charge is -2.11. The Balaban J connectivity index is 3.29. The molecule has 105 valence electrons. The average molecular weight is 275 g/mol. The van der Waals surface area contributed by atoms with Gasteiger partial charge in [-0.2, -0.15) is 0 Å². The van der Waals surface area contributed by atoms with Gasteiger partial charge in [-0.15, -0.1) is 0 Å². The minimum atomic E-state index is -0.848. The predicted molar refractivity (Wildman–Crippen MR) is 71.9 cm³/mol. The number of pyridine rings is 1. The van der Waals surface area contributed by atoms with Gasteiger partial charge in [-0.25, -0.2) is 4.79 Å². The molecule has 0 atom stereocenters. The Morgan fingerprint density at radius 3 is 2.60 bits per heavy atom. The van der Waals surface area contributed by atoms with E-state index in [1.165, 1.54) is 12.5 Å². The van der Waals surface area contributed by atoms with Gasteiger partial charge in [-0.1, -0.05) is 13.0 Å². The summed E-state index contributed by atoms with van der Waals surface area (Å²) in [6.07, 6.45) is 3.20. The Morgan fingerprint density at radius 1 is 1.35 bits per heavy atom. The van der Waals surface area contributed by atoms with Crippen LogP contribution in [0.4, 0.5) is 0 Å². The topological polar surface area (TPSA) is 85.4 Å². The molecule has 6 heteroatoms. The molecule has 0 saturated heterocycles. The van der Waals surface area contributed by atoms with Crippen LogP contribution in [0.15, 0.2) is 30.0 Å². The second kappa shape index (κ2) is 7.83. The number of esters is 1. The Kier molecular flexibility index (Phi) is 6.09.